The minimum atomic E-state index is -3.61. The predicted octanol–water partition coefficient (Wildman–Crippen LogP) is 2.29. The lowest BCUT2D eigenvalue weighted by atomic mass is 10.1. The lowest BCUT2D eigenvalue weighted by molar-refractivity contribution is -0.385. The van der Waals surface area contributed by atoms with Crippen molar-refractivity contribution >= 4 is 21.4 Å². The second kappa shape index (κ2) is 7.34. The molecule has 0 unspecified atom stereocenters. The summed E-state index contributed by atoms with van der Waals surface area (Å²) >= 11 is 0. The van der Waals surface area contributed by atoms with Crippen LogP contribution in [0.25, 0.3) is 0 Å². The van der Waals surface area contributed by atoms with E-state index in [-0.39, 0.29) is 10.6 Å². The van der Waals surface area contributed by atoms with Crippen LogP contribution in [-0.4, -0.2) is 43.8 Å². The standard InChI is InChI=1S/C18H18N4O4S/c1-14-12-16(4-7-18(14)22(23)24)20-8-10-21(11-9-20)27(25,26)17-5-2-15(13-19)3-6-17/h2-7,12H,8-11H2,1H3. The molecule has 1 fully saturated rings. The molecule has 1 heterocycles. The van der Waals surface area contributed by atoms with E-state index in [0.717, 1.165) is 5.69 Å². The number of nitriles is 1. The van der Waals surface area contributed by atoms with Crippen LogP contribution in [0.2, 0.25) is 0 Å². The highest BCUT2D eigenvalue weighted by molar-refractivity contribution is 7.89. The van der Waals surface area contributed by atoms with E-state index in [4.69, 9.17) is 5.26 Å². The van der Waals surface area contributed by atoms with Crippen molar-refractivity contribution in [2.45, 2.75) is 11.8 Å². The number of benzene rings is 2. The average Bonchev–Trinajstić information content (AvgIpc) is 2.67. The van der Waals surface area contributed by atoms with E-state index in [1.54, 1.807) is 19.1 Å². The largest absolute Gasteiger partial charge is 0.369 e. The van der Waals surface area contributed by atoms with Crippen molar-refractivity contribution in [3.8, 4) is 6.07 Å². The highest BCUT2D eigenvalue weighted by atomic mass is 32.2. The third kappa shape index (κ3) is 3.77. The minimum Gasteiger partial charge on any atom is -0.369 e. The van der Waals surface area contributed by atoms with Crippen molar-refractivity contribution in [2.75, 3.05) is 31.1 Å². The molecular formula is C18H18N4O4S. The second-order valence-electron chi connectivity index (χ2n) is 6.26. The number of anilines is 1. The number of hydrogen-bond donors (Lipinski definition) is 0. The van der Waals surface area contributed by atoms with Crippen LogP contribution in [0.1, 0.15) is 11.1 Å². The molecule has 3 rings (SSSR count). The Hall–Kier alpha value is -2.96. The van der Waals surface area contributed by atoms with Gasteiger partial charge in [-0.1, -0.05) is 0 Å². The van der Waals surface area contributed by atoms with Gasteiger partial charge in [-0.3, -0.25) is 10.1 Å². The maximum atomic E-state index is 12.8. The van der Waals surface area contributed by atoms with Gasteiger partial charge in [0.25, 0.3) is 5.69 Å². The van der Waals surface area contributed by atoms with Crippen LogP contribution in [-0.2, 0) is 10.0 Å². The van der Waals surface area contributed by atoms with Crippen LogP contribution < -0.4 is 4.90 Å². The lowest BCUT2D eigenvalue weighted by Crippen LogP contribution is -2.48. The van der Waals surface area contributed by atoms with Gasteiger partial charge >= 0.3 is 0 Å². The molecule has 1 aliphatic rings. The molecule has 140 valence electrons. The summed E-state index contributed by atoms with van der Waals surface area (Å²) in [6.07, 6.45) is 0. The van der Waals surface area contributed by atoms with E-state index >= 15 is 0 Å². The van der Waals surface area contributed by atoms with E-state index in [1.807, 2.05) is 11.0 Å². The number of sulfonamides is 1. The van der Waals surface area contributed by atoms with Gasteiger partial charge in [0, 0.05) is 43.5 Å². The molecule has 0 atom stereocenters. The minimum absolute atomic E-state index is 0.0702. The molecule has 0 radical (unpaired) electrons. The van der Waals surface area contributed by atoms with Crippen molar-refractivity contribution in [2.24, 2.45) is 0 Å². The fourth-order valence-corrected chi connectivity index (χ4v) is 4.50. The number of nitro groups is 1. The monoisotopic (exact) mass is 386 g/mol. The molecule has 0 spiro atoms. The first-order chi connectivity index (χ1) is 12.8. The molecular weight excluding hydrogens is 368 g/mol. The van der Waals surface area contributed by atoms with Gasteiger partial charge < -0.3 is 4.90 Å². The summed E-state index contributed by atoms with van der Waals surface area (Å²) < 4.78 is 26.9. The van der Waals surface area contributed by atoms with E-state index < -0.39 is 14.9 Å². The van der Waals surface area contributed by atoms with Gasteiger partial charge in [0.1, 0.15) is 0 Å². The van der Waals surface area contributed by atoms with Crippen LogP contribution in [0.15, 0.2) is 47.4 Å². The maximum Gasteiger partial charge on any atom is 0.272 e. The number of nitro benzene ring substituents is 1. The van der Waals surface area contributed by atoms with Crippen molar-refractivity contribution in [1.82, 2.24) is 4.31 Å². The molecule has 2 aromatic carbocycles. The Morgan fingerprint density at radius 2 is 1.70 bits per heavy atom. The summed E-state index contributed by atoms with van der Waals surface area (Å²) in [4.78, 5) is 12.7. The van der Waals surface area contributed by atoms with E-state index in [2.05, 4.69) is 0 Å². The molecule has 0 saturated carbocycles. The highest BCUT2D eigenvalue weighted by Gasteiger charge is 2.28. The van der Waals surface area contributed by atoms with Gasteiger partial charge in [-0.2, -0.15) is 9.57 Å². The Morgan fingerprint density at radius 1 is 1.07 bits per heavy atom. The Kier molecular flexibility index (Phi) is 5.12. The van der Waals surface area contributed by atoms with Crippen molar-refractivity contribution in [3.63, 3.8) is 0 Å². The molecule has 2 aromatic rings. The summed E-state index contributed by atoms with van der Waals surface area (Å²) in [5, 5.41) is 19.8. The van der Waals surface area contributed by atoms with Gasteiger partial charge in [-0.25, -0.2) is 8.42 Å². The van der Waals surface area contributed by atoms with Crippen LogP contribution in [0, 0.1) is 28.4 Å². The topological polar surface area (TPSA) is 108 Å². The third-order valence-electron chi connectivity index (χ3n) is 4.60. The fraction of sp³-hybridized carbons (Fsp3) is 0.278. The Balaban J connectivity index is 1.72. The second-order valence-corrected chi connectivity index (χ2v) is 8.19. The molecule has 1 saturated heterocycles. The van der Waals surface area contributed by atoms with Gasteiger partial charge in [0.2, 0.25) is 10.0 Å². The lowest BCUT2D eigenvalue weighted by Gasteiger charge is -2.35. The summed E-state index contributed by atoms with van der Waals surface area (Å²) in [7, 11) is -3.61. The van der Waals surface area contributed by atoms with Gasteiger partial charge in [0.05, 0.1) is 21.5 Å². The molecule has 27 heavy (non-hydrogen) atoms. The SMILES string of the molecule is Cc1cc(N2CCN(S(=O)(=O)c3ccc(C#N)cc3)CC2)ccc1[N+](=O)[O-]. The zero-order chi connectivity index (χ0) is 19.6. The summed E-state index contributed by atoms with van der Waals surface area (Å²) in [5.41, 5.74) is 1.90. The molecule has 0 aromatic heterocycles. The number of rotatable bonds is 4. The molecule has 0 N–H and O–H groups in total. The van der Waals surface area contributed by atoms with Gasteiger partial charge in [-0.05, 0) is 43.3 Å². The average molecular weight is 386 g/mol. The number of hydrogen-bond acceptors (Lipinski definition) is 6. The van der Waals surface area contributed by atoms with Crippen LogP contribution in [0.5, 0.6) is 0 Å². The van der Waals surface area contributed by atoms with Crippen LogP contribution in [0.4, 0.5) is 11.4 Å². The first kappa shape index (κ1) is 18.8. The van der Waals surface area contributed by atoms with Crippen molar-refractivity contribution in [3.05, 3.63) is 63.7 Å². The fourth-order valence-electron chi connectivity index (χ4n) is 3.08. The van der Waals surface area contributed by atoms with E-state index in [0.29, 0.717) is 37.3 Å². The number of nitrogens with zero attached hydrogens (tertiary/aromatic N) is 4. The van der Waals surface area contributed by atoms with Crippen molar-refractivity contribution in [1.29, 1.82) is 5.26 Å². The van der Waals surface area contributed by atoms with E-state index in [9.17, 15) is 18.5 Å². The summed E-state index contributed by atoms with van der Waals surface area (Å²) in [6.45, 7) is 3.31. The van der Waals surface area contributed by atoms with Gasteiger partial charge in [-0.15, -0.1) is 0 Å². The maximum absolute atomic E-state index is 12.8. The quantitative estimate of drug-likeness (QED) is 0.589. The summed E-state index contributed by atoms with van der Waals surface area (Å²) in [6, 6.07) is 12.8. The Morgan fingerprint density at radius 3 is 2.22 bits per heavy atom. The first-order valence-corrected chi connectivity index (χ1v) is 9.77. The summed E-state index contributed by atoms with van der Waals surface area (Å²) in [5.74, 6) is 0. The molecule has 9 heteroatoms. The Labute approximate surface area is 157 Å². The number of piperazine rings is 1. The molecule has 0 bridgehead atoms. The zero-order valence-corrected chi connectivity index (χ0v) is 15.5. The smallest absolute Gasteiger partial charge is 0.272 e. The van der Waals surface area contributed by atoms with Gasteiger partial charge in [0.15, 0.2) is 0 Å². The third-order valence-corrected chi connectivity index (χ3v) is 6.51. The highest BCUT2D eigenvalue weighted by Crippen LogP contribution is 2.26. The molecule has 0 aliphatic carbocycles. The number of aryl methyl sites for hydroxylation is 1. The molecule has 8 nitrogen and oxygen atoms in total. The first-order valence-electron chi connectivity index (χ1n) is 8.33. The van der Waals surface area contributed by atoms with Crippen LogP contribution >= 0.6 is 0 Å². The molecule has 1 aliphatic heterocycles. The predicted molar refractivity (Wildman–Crippen MR) is 100.0 cm³/mol. The Bertz CT molecular complexity index is 1000. The van der Waals surface area contributed by atoms with Crippen LogP contribution in [0.3, 0.4) is 0 Å². The normalized spacial score (nSPS) is 15.3. The van der Waals surface area contributed by atoms with E-state index in [1.165, 1.54) is 34.6 Å². The molecule has 0 amide bonds. The van der Waals surface area contributed by atoms with Crippen molar-refractivity contribution < 1.29 is 13.3 Å². The zero-order valence-electron chi connectivity index (χ0n) is 14.7.